The minimum absolute atomic E-state index is 0.0751. The Balaban J connectivity index is 0.000000432. The molecule has 0 aliphatic heterocycles. The van der Waals surface area contributed by atoms with Gasteiger partial charge in [-0.05, 0) is 256 Å². The van der Waals surface area contributed by atoms with Crippen molar-refractivity contribution in [3.05, 3.63) is 366 Å². The number of aryl methyl sites for hydroxylation is 14. The van der Waals surface area contributed by atoms with Crippen LogP contribution in [0.4, 0.5) is 5.69 Å². The Morgan fingerprint density at radius 2 is 0.723 bits per heavy atom. The lowest BCUT2D eigenvalue weighted by atomic mass is 9.83. The molecular formula is C107H140N4O. The highest BCUT2D eigenvalue weighted by Gasteiger charge is 2.15. The maximum Gasteiger partial charge on any atom is 0.255 e. The number of rotatable bonds is 16. The molecule has 0 fully saturated rings. The van der Waals surface area contributed by atoms with Crippen LogP contribution in [0.25, 0.3) is 24.3 Å². The van der Waals surface area contributed by atoms with Crippen molar-refractivity contribution in [2.45, 2.75) is 237 Å². The standard InChI is InChI=1S/C16H16.C16H14.C16H16.C15H15NO.C11H24.C9H20.3C7H9N.C3H8/c2*1-13-3-7-15(8-4-13)11-12-16-9-5-14(2)6-10-16;1-13-7-3-5-9-15(13)11-12-16-10-6-4-8-14(16)2;1-11-3-7-13(8-4-11)15(17)16-14-9-5-12(2)6-10-14;1-5-7-8-10-11(3,4)9-6-2;1-5-7-9(3,4)8-6-2;1-6-3-7(2)5-8-4-6;1-6-3-4-8-7(2)5-6;1-6-4-3-5-7(2)8-6;1-3-2/h3-12H,1-2H3;3-10H,1-2H3;3-12H,1-2H3;3-10H,1-2H3,(H,16,17);5-10H2,1-4H3;5-8H2,1-4H3;3*3-5H,1-2H3;3H2,1-2H3/b12-11+;;12-11+;;;;;;;. The first kappa shape index (κ1) is 97.8. The highest BCUT2D eigenvalue weighted by Crippen LogP contribution is 2.29. The van der Waals surface area contributed by atoms with Gasteiger partial charge in [0.15, 0.2) is 0 Å². The number of aromatic nitrogens is 3. The molecule has 0 aliphatic rings. The third-order valence-corrected chi connectivity index (χ3v) is 17.8. The van der Waals surface area contributed by atoms with Gasteiger partial charge in [-0.1, -0.05) is 341 Å². The molecule has 8 aromatic carbocycles. The van der Waals surface area contributed by atoms with E-state index in [9.17, 15) is 4.79 Å². The molecule has 0 saturated carbocycles. The minimum atomic E-state index is -0.0751. The molecule has 3 aromatic heterocycles. The van der Waals surface area contributed by atoms with Crippen molar-refractivity contribution in [3.63, 3.8) is 0 Å². The van der Waals surface area contributed by atoms with E-state index in [1.54, 1.807) is 0 Å². The van der Waals surface area contributed by atoms with Crippen LogP contribution in [-0.4, -0.2) is 20.9 Å². The van der Waals surface area contributed by atoms with E-state index in [4.69, 9.17) is 0 Å². The molecule has 0 radical (unpaired) electrons. The van der Waals surface area contributed by atoms with E-state index in [1.807, 2.05) is 140 Å². The summed E-state index contributed by atoms with van der Waals surface area (Å²) in [5, 5.41) is 2.87. The molecule has 0 spiro atoms. The van der Waals surface area contributed by atoms with Gasteiger partial charge < -0.3 is 5.32 Å². The highest BCUT2D eigenvalue weighted by molar-refractivity contribution is 6.04. The molecule has 0 atom stereocenters. The smallest absolute Gasteiger partial charge is 0.255 e. The van der Waals surface area contributed by atoms with Gasteiger partial charge in [-0.2, -0.15) is 0 Å². The zero-order chi connectivity index (χ0) is 83.1. The minimum Gasteiger partial charge on any atom is -0.322 e. The fourth-order valence-electron chi connectivity index (χ4n) is 11.4. The number of amides is 1. The van der Waals surface area contributed by atoms with Crippen molar-refractivity contribution in [1.82, 2.24) is 15.0 Å². The van der Waals surface area contributed by atoms with Gasteiger partial charge in [0.25, 0.3) is 5.91 Å². The molecule has 11 aromatic rings. The summed E-state index contributed by atoms with van der Waals surface area (Å²) in [7, 11) is 0. The Bertz CT molecular complexity index is 4120. The van der Waals surface area contributed by atoms with Crippen LogP contribution in [-0.2, 0) is 0 Å². The molecule has 0 saturated heterocycles. The molecule has 112 heavy (non-hydrogen) atoms. The summed E-state index contributed by atoms with van der Waals surface area (Å²) in [6.45, 7) is 51.6. The van der Waals surface area contributed by atoms with Crippen molar-refractivity contribution in [2.24, 2.45) is 10.8 Å². The summed E-state index contributed by atoms with van der Waals surface area (Å²) in [5.41, 5.74) is 26.9. The Labute approximate surface area is 682 Å². The largest absolute Gasteiger partial charge is 0.322 e. The zero-order valence-corrected chi connectivity index (χ0v) is 73.5. The molecule has 11 rings (SSSR count). The molecule has 1 amide bonds. The number of pyridine rings is 3. The number of hydrogen-bond acceptors (Lipinski definition) is 4. The molecule has 5 nitrogen and oxygen atoms in total. The highest BCUT2D eigenvalue weighted by atomic mass is 16.1. The Morgan fingerprint density at radius 3 is 1.04 bits per heavy atom. The van der Waals surface area contributed by atoms with Gasteiger partial charge in [0.2, 0.25) is 0 Å². The summed E-state index contributed by atoms with van der Waals surface area (Å²) in [6, 6.07) is 77.9. The number of carbonyl (C=O) groups is 1. The summed E-state index contributed by atoms with van der Waals surface area (Å²) >= 11 is 0. The van der Waals surface area contributed by atoms with Crippen molar-refractivity contribution >= 4 is 35.9 Å². The molecule has 594 valence electrons. The van der Waals surface area contributed by atoms with Gasteiger partial charge in [0.1, 0.15) is 0 Å². The molecule has 0 aliphatic carbocycles. The summed E-state index contributed by atoms with van der Waals surface area (Å²) in [5.74, 6) is 6.24. The molecule has 0 unspecified atom stereocenters. The lowest BCUT2D eigenvalue weighted by Crippen LogP contribution is -2.11. The van der Waals surface area contributed by atoms with Crippen molar-refractivity contribution < 1.29 is 4.79 Å². The van der Waals surface area contributed by atoms with Crippen LogP contribution in [0, 0.1) is 120 Å². The molecule has 3 heterocycles. The monoisotopic (exact) mass is 1500 g/mol. The average molecular weight is 1500 g/mol. The van der Waals surface area contributed by atoms with Crippen LogP contribution in [0.5, 0.6) is 0 Å². The van der Waals surface area contributed by atoms with E-state index >= 15 is 0 Å². The first-order valence-electron chi connectivity index (χ1n) is 40.8. The average Bonchev–Trinajstić information content (AvgIpc) is 0.881. The van der Waals surface area contributed by atoms with Crippen molar-refractivity contribution in [1.29, 1.82) is 0 Å². The predicted octanol–water partition coefficient (Wildman–Crippen LogP) is 30.7. The Kier molecular flexibility index (Phi) is 49.6. The maximum absolute atomic E-state index is 11.9. The van der Waals surface area contributed by atoms with Gasteiger partial charge in [-0.25, -0.2) is 0 Å². The SMILES string of the molecule is CCC.CCCC(C)(C)CCC.CCCCCC(C)(C)CCC.Cc1ccc(/C=C/c2ccc(C)cc2)cc1.Cc1ccc(C#Cc2ccc(C)cc2)cc1.Cc1ccc(NC(=O)c2ccc(C)cc2)cc1.Cc1cccc(C)n1.Cc1ccccc1/C=C/c1ccccc1C.Cc1ccnc(C)c1.Cc1cncc(C)c1. The number of anilines is 1. The molecule has 1 N–H and O–H groups in total. The Morgan fingerprint density at radius 1 is 0.357 bits per heavy atom. The lowest BCUT2D eigenvalue weighted by molar-refractivity contribution is 0.102. The fourth-order valence-corrected chi connectivity index (χ4v) is 11.4. The number of carbonyl (C=O) groups excluding carboxylic acids is 1. The number of hydrogen-bond donors (Lipinski definition) is 1. The summed E-state index contributed by atoms with van der Waals surface area (Å²) < 4.78 is 0. The summed E-state index contributed by atoms with van der Waals surface area (Å²) in [4.78, 5) is 24.1. The van der Waals surface area contributed by atoms with E-state index in [2.05, 4.69) is 332 Å². The van der Waals surface area contributed by atoms with Crippen LogP contribution in [0.2, 0.25) is 0 Å². The second kappa shape index (κ2) is 56.9. The second-order valence-electron chi connectivity index (χ2n) is 31.0. The van der Waals surface area contributed by atoms with Crippen LogP contribution in [0.15, 0.2) is 249 Å². The van der Waals surface area contributed by atoms with Crippen LogP contribution >= 0.6 is 0 Å². The molecule has 5 heteroatoms. The van der Waals surface area contributed by atoms with Gasteiger partial charge in [0.05, 0.1) is 0 Å². The van der Waals surface area contributed by atoms with Gasteiger partial charge in [0, 0.05) is 58.1 Å². The quantitative estimate of drug-likeness (QED) is 0.0595. The third-order valence-electron chi connectivity index (χ3n) is 17.8. The fraction of sp³-hybridized carbons (Fsp3) is 0.346. The van der Waals surface area contributed by atoms with Gasteiger partial charge in [-0.15, -0.1) is 0 Å². The van der Waals surface area contributed by atoms with E-state index in [-0.39, 0.29) is 5.91 Å². The molecular weight excluding hydrogens is 1360 g/mol. The number of nitrogens with zero attached hydrogens (tertiary/aromatic N) is 3. The van der Waals surface area contributed by atoms with E-state index in [0.29, 0.717) is 16.4 Å². The van der Waals surface area contributed by atoms with E-state index < -0.39 is 0 Å². The lowest BCUT2D eigenvalue weighted by Gasteiger charge is -2.23. The van der Waals surface area contributed by atoms with Crippen LogP contribution in [0.1, 0.15) is 262 Å². The first-order chi connectivity index (χ1) is 53.4. The first-order valence-corrected chi connectivity index (χ1v) is 40.8. The molecule has 0 bridgehead atoms. The maximum atomic E-state index is 11.9. The normalized spacial score (nSPS) is 10.2. The number of nitrogens with one attached hydrogen (secondary N) is 1. The van der Waals surface area contributed by atoms with E-state index in [1.165, 1.54) is 149 Å². The predicted molar refractivity (Wildman–Crippen MR) is 495 cm³/mol. The van der Waals surface area contributed by atoms with Gasteiger partial charge in [-0.3, -0.25) is 19.7 Å². The zero-order valence-electron chi connectivity index (χ0n) is 73.5. The summed E-state index contributed by atoms with van der Waals surface area (Å²) in [6.07, 6.45) is 29.1. The van der Waals surface area contributed by atoms with Crippen LogP contribution < -0.4 is 5.32 Å². The number of benzene rings is 8. The Hall–Kier alpha value is -10.3. The van der Waals surface area contributed by atoms with Gasteiger partial charge >= 0.3 is 0 Å². The van der Waals surface area contributed by atoms with Crippen LogP contribution in [0.3, 0.4) is 0 Å². The van der Waals surface area contributed by atoms with E-state index in [0.717, 1.165) is 39.5 Å². The van der Waals surface area contributed by atoms with Crippen molar-refractivity contribution in [2.75, 3.05) is 5.32 Å². The topological polar surface area (TPSA) is 67.8 Å². The second-order valence-corrected chi connectivity index (χ2v) is 31.0. The van der Waals surface area contributed by atoms with Crippen molar-refractivity contribution in [3.8, 4) is 11.8 Å². The number of unbranched alkanes of at least 4 members (excludes halogenated alkanes) is 2. The third kappa shape index (κ3) is 47.7.